The van der Waals surface area contributed by atoms with Crippen LogP contribution in [0.1, 0.15) is 49.9 Å². The highest BCUT2D eigenvalue weighted by Gasteiger charge is 2.30. The molecule has 64 heavy (non-hydrogen) atoms. The van der Waals surface area contributed by atoms with Crippen molar-refractivity contribution in [3.8, 4) is 22.5 Å². The maximum Gasteiger partial charge on any atom is 0.418 e. The van der Waals surface area contributed by atoms with Gasteiger partial charge in [0, 0.05) is 62.1 Å². The Balaban J connectivity index is 0.940. The molecule has 0 fully saturated rings. The molecule has 0 saturated carbocycles. The lowest BCUT2D eigenvalue weighted by Crippen LogP contribution is -2.28. The molecule has 0 amide bonds. The van der Waals surface area contributed by atoms with Gasteiger partial charge in [-0.05, 0) is 99.5 Å². The molecular weight excluding hydrogens is 969 g/mol. The van der Waals surface area contributed by atoms with Crippen molar-refractivity contribution in [2.24, 2.45) is 0 Å². The highest BCUT2D eigenvalue weighted by molar-refractivity contribution is 8.00. The lowest BCUT2D eigenvalue weighted by atomic mass is 10.1. The van der Waals surface area contributed by atoms with Crippen LogP contribution < -0.4 is 0 Å². The van der Waals surface area contributed by atoms with Gasteiger partial charge >= 0.3 is 11.9 Å². The van der Waals surface area contributed by atoms with Crippen molar-refractivity contribution in [2.75, 3.05) is 51.8 Å². The summed E-state index contributed by atoms with van der Waals surface area (Å²) in [5.74, 6) is -0.807. The average Bonchev–Trinajstić information content (AvgIpc) is 4.16. The number of carbonyl (C=O) groups excluding carboxylic acids is 2. The van der Waals surface area contributed by atoms with Crippen LogP contribution >= 0.6 is 94.0 Å². The summed E-state index contributed by atoms with van der Waals surface area (Å²) in [5, 5.41) is 2.93. The zero-order valence-electron chi connectivity index (χ0n) is 34.7. The average molecular weight is 1010 g/mol. The maximum absolute atomic E-state index is 13.8. The molecule has 6 aromatic rings. The van der Waals surface area contributed by atoms with Crippen LogP contribution in [0.3, 0.4) is 0 Å². The van der Waals surface area contributed by atoms with E-state index in [-0.39, 0.29) is 0 Å². The number of aromatic nitrogens is 10. The Morgan fingerprint density at radius 2 is 1.03 bits per heavy atom. The molecule has 24 heteroatoms. The molecular formula is C40H42N12O4S8. The number of hydrogen-bond donors (Lipinski definition) is 0. The van der Waals surface area contributed by atoms with Gasteiger partial charge in [0.15, 0.2) is 10.9 Å². The molecule has 8 rings (SSSR count). The minimum atomic E-state index is -1.09. The number of esters is 2. The Morgan fingerprint density at radius 3 is 1.44 bits per heavy atom. The standard InChI is InChI=1S/C40H42N12O4S8/c1-51-17-5-11-27(23-51)33-35(47-61-45-33)57-19-7-13-29(59-37-31(43-63-49-37)25-9-3-15-41-21-25)55-39(53)40(54)56-30(60-38-32(44-64-50-38)26-10-4-16-42-22-26)14-8-20-58-36-34(46-62-48-36)28-12-6-18-52(2)24-28/h3-4,9-12,15-16,21-22,29-30H,5-8,13-14,17-20,23-24H2,1-2H3. The van der Waals surface area contributed by atoms with Gasteiger partial charge in [-0.3, -0.25) is 9.97 Å². The van der Waals surface area contributed by atoms with Crippen LogP contribution in [0.5, 0.6) is 0 Å². The first kappa shape index (κ1) is 46.8. The fraction of sp³-hybridized carbons (Fsp3) is 0.400. The second kappa shape index (κ2) is 23.6. The predicted octanol–water partition coefficient (Wildman–Crippen LogP) is 8.42. The molecule has 2 aliphatic rings. The molecule has 16 nitrogen and oxygen atoms in total. The van der Waals surface area contributed by atoms with E-state index < -0.39 is 22.8 Å². The summed E-state index contributed by atoms with van der Waals surface area (Å²) in [4.78, 5) is 40.6. The SMILES string of the molecule is CN1CCC=C(c2nsnc2SCCCC(OC(=O)C(=O)OC(CCCSc2nsnc2C2=CCCN(C)C2)Sc2nsnc2-c2cccnc2)Sc2nsnc2-c2cccnc2)C1. The lowest BCUT2D eigenvalue weighted by molar-refractivity contribution is -0.169. The third kappa shape index (κ3) is 12.8. The van der Waals surface area contributed by atoms with Crippen LogP contribution in [0.2, 0.25) is 0 Å². The topological polar surface area (TPSA) is 188 Å². The number of carbonyl (C=O) groups is 2. The van der Waals surface area contributed by atoms with Gasteiger partial charge in [0.05, 0.1) is 46.9 Å². The summed E-state index contributed by atoms with van der Waals surface area (Å²) in [6, 6.07) is 7.45. The maximum atomic E-state index is 13.8. The molecule has 2 atom stereocenters. The first-order chi connectivity index (χ1) is 31.4. The van der Waals surface area contributed by atoms with Gasteiger partial charge in [-0.2, -0.15) is 35.0 Å². The third-order valence-corrected chi connectivity index (χ3v) is 16.7. The molecule has 0 saturated heterocycles. The van der Waals surface area contributed by atoms with Crippen molar-refractivity contribution in [2.45, 2.75) is 69.5 Å². The van der Waals surface area contributed by atoms with Crippen molar-refractivity contribution in [1.29, 1.82) is 0 Å². The Morgan fingerprint density at radius 1 is 0.609 bits per heavy atom. The number of thioether (sulfide) groups is 4. The molecule has 0 radical (unpaired) electrons. The normalized spacial score (nSPS) is 15.7. The minimum absolute atomic E-state index is 0.425. The van der Waals surface area contributed by atoms with Crippen LogP contribution in [0.25, 0.3) is 33.7 Å². The molecule has 8 heterocycles. The molecule has 0 aromatic carbocycles. The van der Waals surface area contributed by atoms with E-state index in [1.54, 1.807) is 48.3 Å². The van der Waals surface area contributed by atoms with Gasteiger partial charge in [-0.15, -0.1) is 23.5 Å². The summed E-state index contributed by atoms with van der Waals surface area (Å²) in [6.45, 7) is 3.70. The Hall–Kier alpha value is -3.72. The van der Waals surface area contributed by atoms with Crippen LogP contribution in [0, 0.1) is 0 Å². The monoisotopic (exact) mass is 1010 g/mol. The summed E-state index contributed by atoms with van der Waals surface area (Å²) in [6.07, 6.45) is 15.4. The second-order valence-corrected chi connectivity index (χ2v) is 21.1. The zero-order valence-corrected chi connectivity index (χ0v) is 41.2. The first-order valence-electron chi connectivity index (χ1n) is 20.3. The highest BCUT2D eigenvalue weighted by Crippen LogP contribution is 2.38. The smallest absolute Gasteiger partial charge is 0.418 e. The largest absolute Gasteiger partial charge is 0.442 e. The van der Waals surface area contributed by atoms with Gasteiger partial charge in [0.2, 0.25) is 0 Å². The van der Waals surface area contributed by atoms with Crippen LogP contribution in [-0.4, -0.2) is 129 Å². The van der Waals surface area contributed by atoms with Crippen LogP contribution in [-0.2, 0) is 19.1 Å². The Labute approximate surface area is 404 Å². The van der Waals surface area contributed by atoms with Gasteiger partial charge in [-0.1, -0.05) is 35.7 Å². The van der Waals surface area contributed by atoms with E-state index in [0.717, 1.165) is 95.0 Å². The third-order valence-electron chi connectivity index (χ3n) is 9.77. The van der Waals surface area contributed by atoms with Crippen LogP contribution in [0.4, 0.5) is 0 Å². The Bertz CT molecular complexity index is 2350. The van der Waals surface area contributed by atoms with Crippen molar-refractivity contribution >= 4 is 117 Å². The van der Waals surface area contributed by atoms with Gasteiger partial charge < -0.3 is 19.3 Å². The number of hydrogen-bond acceptors (Lipinski definition) is 24. The van der Waals surface area contributed by atoms with E-state index in [2.05, 4.69) is 81.0 Å². The quantitative estimate of drug-likeness (QED) is 0.0233. The fourth-order valence-corrected chi connectivity index (χ4v) is 13.5. The number of likely N-dealkylation sites (N-methyl/N-ethyl adjacent to an activating group) is 2. The van der Waals surface area contributed by atoms with Crippen molar-refractivity contribution in [3.63, 3.8) is 0 Å². The number of pyridine rings is 2. The van der Waals surface area contributed by atoms with Gasteiger partial charge in [0.1, 0.15) is 42.9 Å². The van der Waals surface area contributed by atoms with Crippen molar-refractivity contribution < 1.29 is 19.1 Å². The van der Waals surface area contributed by atoms with E-state index >= 15 is 0 Å². The summed E-state index contributed by atoms with van der Waals surface area (Å²) in [7, 11) is 4.21. The summed E-state index contributed by atoms with van der Waals surface area (Å²) < 4.78 is 48.4. The second-order valence-electron chi connectivity index (χ2n) is 14.6. The van der Waals surface area contributed by atoms with Gasteiger partial charge in [-0.25, -0.2) is 9.59 Å². The predicted molar refractivity (Wildman–Crippen MR) is 258 cm³/mol. The molecule has 0 aliphatic carbocycles. The van der Waals surface area contributed by atoms with Gasteiger partial charge in [0.25, 0.3) is 0 Å². The zero-order chi connectivity index (χ0) is 44.1. The van der Waals surface area contributed by atoms with E-state index in [1.807, 2.05) is 24.3 Å². The molecule has 0 N–H and O–H groups in total. The van der Waals surface area contributed by atoms with Crippen molar-refractivity contribution in [3.05, 3.63) is 72.6 Å². The van der Waals surface area contributed by atoms with E-state index in [0.29, 0.717) is 58.6 Å². The fourth-order valence-electron chi connectivity index (χ4n) is 6.65. The molecule has 0 bridgehead atoms. The number of rotatable bonds is 20. The van der Waals surface area contributed by atoms with E-state index in [1.165, 1.54) is 58.1 Å². The molecule has 2 aliphatic heterocycles. The molecule has 0 spiro atoms. The lowest BCUT2D eigenvalue weighted by Gasteiger charge is -2.22. The van der Waals surface area contributed by atoms with Crippen LogP contribution in [0.15, 0.2) is 81.3 Å². The first-order valence-corrected chi connectivity index (χ1v) is 26.9. The number of ether oxygens (including phenoxy) is 2. The van der Waals surface area contributed by atoms with E-state index in [4.69, 9.17) is 9.47 Å². The summed E-state index contributed by atoms with van der Waals surface area (Å²) >= 11 is 10.3. The molecule has 6 aromatic heterocycles. The van der Waals surface area contributed by atoms with E-state index in [9.17, 15) is 9.59 Å². The number of nitrogens with zero attached hydrogens (tertiary/aromatic N) is 12. The minimum Gasteiger partial charge on any atom is -0.442 e. The Kier molecular flexibility index (Phi) is 17.3. The molecule has 2 unspecified atom stereocenters. The molecule has 334 valence electrons. The van der Waals surface area contributed by atoms with Crippen molar-refractivity contribution in [1.82, 2.24) is 54.8 Å². The summed E-state index contributed by atoms with van der Waals surface area (Å²) in [5.41, 5.74) is 5.51. The highest BCUT2D eigenvalue weighted by atomic mass is 32.2.